The number of rotatable bonds is 2. The van der Waals surface area contributed by atoms with Gasteiger partial charge in [0, 0.05) is 6.54 Å². The lowest BCUT2D eigenvalue weighted by molar-refractivity contribution is -0.132. The van der Waals surface area contributed by atoms with Crippen molar-refractivity contribution in [3.05, 3.63) is 0 Å². The monoisotopic (exact) mass is 186 g/mol. The summed E-state index contributed by atoms with van der Waals surface area (Å²) in [6.07, 6.45) is 4.18. The second kappa shape index (κ2) is 5.19. The van der Waals surface area contributed by atoms with Crippen LogP contribution in [-0.2, 0) is 4.79 Å². The first kappa shape index (κ1) is 10.5. The summed E-state index contributed by atoms with van der Waals surface area (Å²) in [6.45, 7) is 0.865. The molecule has 3 N–H and O–H groups in total. The molecule has 1 aliphatic heterocycles. The van der Waals surface area contributed by atoms with Crippen molar-refractivity contribution in [3.63, 3.8) is 0 Å². The minimum Gasteiger partial charge on any atom is -0.394 e. The number of nitrogens with two attached hydrogens (primary N) is 1. The standard InChI is InChI=1S/C9H18N2O2/c10-6-9(13)11-5-3-1-2-4-8(11)7-12/h8,12H,1-7,10H2. The van der Waals surface area contributed by atoms with Crippen molar-refractivity contribution in [3.8, 4) is 0 Å². The summed E-state index contributed by atoms with van der Waals surface area (Å²) in [7, 11) is 0. The van der Waals surface area contributed by atoms with E-state index in [1.807, 2.05) is 0 Å². The summed E-state index contributed by atoms with van der Waals surface area (Å²) in [5.41, 5.74) is 5.30. The average Bonchev–Trinajstić information content (AvgIpc) is 2.41. The molecule has 0 saturated carbocycles. The smallest absolute Gasteiger partial charge is 0.236 e. The molecule has 1 amide bonds. The molecule has 1 aliphatic rings. The van der Waals surface area contributed by atoms with Gasteiger partial charge in [-0.05, 0) is 12.8 Å². The Morgan fingerprint density at radius 3 is 2.85 bits per heavy atom. The Labute approximate surface area is 78.7 Å². The van der Waals surface area contributed by atoms with E-state index < -0.39 is 0 Å². The highest BCUT2D eigenvalue weighted by Gasteiger charge is 2.23. The topological polar surface area (TPSA) is 66.6 Å². The molecule has 0 spiro atoms. The lowest BCUT2D eigenvalue weighted by atomic mass is 10.1. The van der Waals surface area contributed by atoms with Crippen molar-refractivity contribution < 1.29 is 9.90 Å². The summed E-state index contributed by atoms with van der Waals surface area (Å²) in [5.74, 6) is -0.0408. The molecule has 4 nitrogen and oxygen atoms in total. The van der Waals surface area contributed by atoms with Crippen LogP contribution in [0.1, 0.15) is 25.7 Å². The zero-order valence-corrected chi connectivity index (χ0v) is 7.91. The highest BCUT2D eigenvalue weighted by Crippen LogP contribution is 2.16. The molecule has 0 bridgehead atoms. The number of hydrogen-bond acceptors (Lipinski definition) is 3. The molecular formula is C9H18N2O2. The van der Waals surface area contributed by atoms with Gasteiger partial charge in [0.25, 0.3) is 0 Å². The van der Waals surface area contributed by atoms with Gasteiger partial charge in [-0.3, -0.25) is 4.79 Å². The zero-order chi connectivity index (χ0) is 9.68. The molecule has 1 heterocycles. The first-order valence-corrected chi connectivity index (χ1v) is 4.90. The highest BCUT2D eigenvalue weighted by molar-refractivity contribution is 5.78. The predicted molar refractivity (Wildman–Crippen MR) is 50.1 cm³/mol. The van der Waals surface area contributed by atoms with Gasteiger partial charge in [-0.1, -0.05) is 12.8 Å². The van der Waals surface area contributed by atoms with E-state index in [4.69, 9.17) is 10.8 Å². The van der Waals surface area contributed by atoms with E-state index in [9.17, 15) is 4.79 Å². The number of aliphatic hydroxyl groups excluding tert-OH is 1. The molecule has 1 rings (SSSR count). The lowest BCUT2D eigenvalue weighted by Gasteiger charge is -2.28. The van der Waals surface area contributed by atoms with Gasteiger partial charge in [-0.15, -0.1) is 0 Å². The first-order chi connectivity index (χ1) is 6.29. The molecule has 4 heteroatoms. The SMILES string of the molecule is NCC(=O)N1CCCCCC1CO. The number of carbonyl (C=O) groups is 1. The van der Waals surface area contributed by atoms with E-state index in [0.717, 1.165) is 32.2 Å². The predicted octanol–water partition coefficient (Wildman–Crippen LogP) is -0.291. The van der Waals surface area contributed by atoms with Gasteiger partial charge in [0.2, 0.25) is 5.91 Å². The van der Waals surface area contributed by atoms with Crippen LogP contribution < -0.4 is 5.73 Å². The van der Waals surface area contributed by atoms with Crippen molar-refractivity contribution in [2.75, 3.05) is 19.7 Å². The maximum Gasteiger partial charge on any atom is 0.236 e. The Morgan fingerprint density at radius 2 is 2.23 bits per heavy atom. The number of nitrogens with zero attached hydrogens (tertiary/aromatic N) is 1. The van der Waals surface area contributed by atoms with Gasteiger partial charge in [0.1, 0.15) is 0 Å². The van der Waals surface area contributed by atoms with Crippen LogP contribution in [0.4, 0.5) is 0 Å². The van der Waals surface area contributed by atoms with Gasteiger partial charge >= 0.3 is 0 Å². The van der Waals surface area contributed by atoms with E-state index in [0.29, 0.717) is 0 Å². The summed E-state index contributed by atoms with van der Waals surface area (Å²) >= 11 is 0. The summed E-state index contributed by atoms with van der Waals surface area (Å²) in [4.78, 5) is 13.1. The van der Waals surface area contributed by atoms with Crippen molar-refractivity contribution in [2.24, 2.45) is 5.73 Å². The Kier molecular flexibility index (Phi) is 4.18. The maximum atomic E-state index is 11.4. The fraction of sp³-hybridized carbons (Fsp3) is 0.889. The molecule has 0 radical (unpaired) electrons. The third kappa shape index (κ3) is 2.67. The number of hydrogen-bond donors (Lipinski definition) is 2. The van der Waals surface area contributed by atoms with Gasteiger partial charge in [0.15, 0.2) is 0 Å². The normalized spacial score (nSPS) is 24.2. The van der Waals surface area contributed by atoms with Crippen LogP contribution >= 0.6 is 0 Å². The van der Waals surface area contributed by atoms with Crippen molar-refractivity contribution in [1.82, 2.24) is 4.90 Å². The molecule has 1 fully saturated rings. The summed E-state index contributed by atoms with van der Waals surface area (Å²) in [6, 6.07) is -0.00134. The summed E-state index contributed by atoms with van der Waals surface area (Å²) < 4.78 is 0. The van der Waals surface area contributed by atoms with Crippen molar-refractivity contribution in [2.45, 2.75) is 31.7 Å². The second-order valence-electron chi connectivity index (χ2n) is 3.48. The Bertz CT molecular complexity index is 173. The van der Waals surface area contributed by atoms with Gasteiger partial charge in [0.05, 0.1) is 19.2 Å². The Hall–Kier alpha value is -0.610. The van der Waals surface area contributed by atoms with Crippen LogP contribution in [0.25, 0.3) is 0 Å². The second-order valence-corrected chi connectivity index (χ2v) is 3.48. The van der Waals surface area contributed by atoms with Gasteiger partial charge in [-0.2, -0.15) is 0 Å². The molecule has 0 aromatic carbocycles. The van der Waals surface area contributed by atoms with E-state index in [1.54, 1.807) is 4.90 Å². The molecule has 0 aliphatic carbocycles. The first-order valence-electron chi connectivity index (χ1n) is 4.90. The van der Waals surface area contributed by atoms with E-state index in [-0.39, 0.29) is 25.1 Å². The van der Waals surface area contributed by atoms with E-state index in [2.05, 4.69) is 0 Å². The third-order valence-corrected chi connectivity index (χ3v) is 2.58. The van der Waals surface area contributed by atoms with Crippen molar-refractivity contribution >= 4 is 5.91 Å². The van der Waals surface area contributed by atoms with E-state index >= 15 is 0 Å². The Balaban J connectivity index is 2.58. The maximum absolute atomic E-state index is 11.4. The molecule has 13 heavy (non-hydrogen) atoms. The molecule has 1 atom stereocenters. The lowest BCUT2D eigenvalue weighted by Crippen LogP contribution is -2.44. The number of aliphatic hydroxyl groups is 1. The van der Waals surface area contributed by atoms with Crippen LogP contribution in [0, 0.1) is 0 Å². The van der Waals surface area contributed by atoms with Crippen LogP contribution in [0.2, 0.25) is 0 Å². The molecular weight excluding hydrogens is 168 g/mol. The summed E-state index contributed by atoms with van der Waals surface area (Å²) in [5, 5.41) is 9.10. The number of amides is 1. The van der Waals surface area contributed by atoms with Crippen LogP contribution in [0.3, 0.4) is 0 Å². The van der Waals surface area contributed by atoms with Gasteiger partial charge in [-0.25, -0.2) is 0 Å². The fourth-order valence-electron chi connectivity index (χ4n) is 1.81. The highest BCUT2D eigenvalue weighted by atomic mass is 16.3. The molecule has 0 aromatic heterocycles. The van der Waals surface area contributed by atoms with Gasteiger partial charge < -0.3 is 15.7 Å². The Morgan fingerprint density at radius 1 is 1.46 bits per heavy atom. The minimum absolute atomic E-state index is 0.00134. The minimum atomic E-state index is -0.0408. The number of carbonyl (C=O) groups excluding carboxylic acids is 1. The molecule has 76 valence electrons. The van der Waals surface area contributed by atoms with Crippen LogP contribution in [-0.4, -0.2) is 41.7 Å². The van der Waals surface area contributed by atoms with E-state index in [1.165, 1.54) is 0 Å². The molecule has 1 saturated heterocycles. The largest absolute Gasteiger partial charge is 0.394 e. The molecule has 1 unspecified atom stereocenters. The number of likely N-dealkylation sites (tertiary alicyclic amines) is 1. The van der Waals surface area contributed by atoms with Crippen LogP contribution in [0.15, 0.2) is 0 Å². The average molecular weight is 186 g/mol. The third-order valence-electron chi connectivity index (χ3n) is 2.58. The van der Waals surface area contributed by atoms with Crippen LogP contribution in [0.5, 0.6) is 0 Å². The molecule has 0 aromatic rings. The fourth-order valence-corrected chi connectivity index (χ4v) is 1.81. The van der Waals surface area contributed by atoms with Crippen molar-refractivity contribution in [1.29, 1.82) is 0 Å². The zero-order valence-electron chi connectivity index (χ0n) is 7.91. The quantitative estimate of drug-likeness (QED) is 0.622.